The van der Waals surface area contributed by atoms with E-state index < -0.39 is 11.4 Å². The van der Waals surface area contributed by atoms with E-state index in [-0.39, 0.29) is 5.82 Å². The molecule has 0 spiro atoms. The molecular weight excluding hydrogens is 227 g/mol. The number of rotatable bonds is 4. The van der Waals surface area contributed by atoms with Crippen LogP contribution in [0.3, 0.4) is 0 Å². The van der Waals surface area contributed by atoms with Crippen molar-refractivity contribution in [2.45, 2.75) is 25.7 Å². The quantitative estimate of drug-likeness (QED) is 0.823. The first-order valence-electron chi connectivity index (χ1n) is 4.95. The van der Waals surface area contributed by atoms with Crippen LogP contribution in [0.1, 0.15) is 19.4 Å². The Kier molecular flexibility index (Phi) is 3.97. The van der Waals surface area contributed by atoms with Crippen LogP contribution in [0.15, 0.2) is 23.1 Å². The van der Waals surface area contributed by atoms with Gasteiger partial charge in [0.1, 0.15) is 5.82 Å². The zero-order valence-corrected chi connectivity index (χ0v) is 10.4. The first-order chi connectivity index (χ1) is 7.33. The van der Waals surface area contributed by atoms with Crippen LogP contribution >= 0.6 is 11.8 Å². The molecular formula is C12H15FO2S. The second kappa shape index (κ2) is 4.87. The number of halogens is 1. The number of hydrogen-bond donors (Lipinski definition) is 1. The molecule has 1 aromatic carbocycles. The lowest BCUT2D eigenvalue weighted by atomic mass is 9.97. The molecule has 16 heavy (non-hydrogen) atoms. The van der Waals surface area contributed by atoms with E-state index in [1.807, 2.05) is 0 Å². The average molecular weight is 242 g/mol. The van der Waals surface area contributed by atoms with Crippen molar-refractivity contribution in [3.05, 3.63) is 29.6 Å². The van der Waals surface area contributed by atoms with Gasteiger partial charge < -0.3 is 5.11 Å². The lowest BCUT2D eigenvalue weighted by Crippen LogP contribution is -2.26. The summed E-state index contributed by atoms with van der Waals surface area (Å²) in [5.74, 6) is -0.589. The molecule has 1 aromatic rings. The summed E-state index contributed by atoms with van der Waals surface area (Å²) in [6.45, 7) is 5.05. The van der Waals surface area contributed by atoms with Crippen molar-refractivity contribution in [1.29, 1.82) is 0 Å². The minimum atomic E-state index is -0.821. The summed E-state index contributed by atoms with van der Waals surface area (Å²) >= 11 is 1.43. The van der Waals surface area contributed by atoms with E-state index in [9.17, 15) is 9.18 Å². The maximum absolute atomic E-state index is 13.0. The fourth-order valence-electron chi connectivity index (χ4n) is 1.03. The summed E-state index contributed by atoms with van der Waals surface area (Å²) in [4.78, 5) is 11.8. The SMILES string of the molecule is Cc1cc(SCC(C)(C)C(=O)O)ccc1F. The summed E-state index contributed by atoms with van der Waals surface area (Å²) < 4.78 is 13.0. The number of carboxylic acid groups (broad SMARTS) is 1. The molecule has 0 radical (unpaired) electrons. The molecule has 0 saturated carbocycles. The predicted molar refractivity (Wildman–Crippen MR) is 63.3 cm³/mol. The molecule has 1 N–H and O–H groups in total. The number of carbonyl (C=O) groups is 1. The van der Waals surface area contributed by atoms with Crippen LogP contribution < -0.4 is 0 Å². The summed E-state index contributed by atoms with van der Waals surface area (Å²) in [6, 6.07) is 4.81. The Hall–Kier alpha value is -1.03. The van der Waals surface area contributed by atoms with Gasteiger partial charge in [-0.1, -0.05) is 0 Å². The van der Waals surface area contributed by atoms with Crippen LogP contribution in [0.2, 0.25) is 0 Å². The molecule has 0 amide bonds. The van der Waals surface area contributed by atoms with Gasteiger partial charge in [-0.2, -0.15) is 0 Å². The number of benzene rings is 1. The minimum absolute atomic E-state index is 0.234. The second-order valence-electron chi connectivity index (χ2n) is 4.39. The summed E-state index contributed by atoms with van der Waals surface area (Å²) in [5.41, 5.74) is -0.189. The molecule has 0 aliphatic heterocycles. The highest BCUT2D eigenvalue weighted by Gasteiger charge is 2.27. The fraction of sp³-hybridized carbons (Fsp3) is 0.417. The standard InChI is InChI=1S/C12H15FO2S/c1-8-6-9(4-5-10(8)13)16-7-12(2,3)11(14)15/h4-6H,7H2,1-3H3,(H,14,15). The lowest BCUT2D eigenvalue weighted by Gasteiger charge is -2.18. The zero-order valence-electron chi connectivity index (χ0n) is 9.58. The van der Waals surface area contributed by atoms with Gasteiger partial charge in [-0.25, -0.2) is 4.39 Å². The monoisotopic (exact) mass is 242 g/mol. The van der Waals surface area contributed by atoms with Crippen molar-refractivity contribution < 1.29 is 14.3 Å². The highest BCUT2D eigenvalue weighted by Crippen LogP contribution is 2.28. The maximum Gasteiger partial charge on any atom is 0.309 e. The van der Waals surface area contributed by atoms with E-state index in [0.29, 0.717) is 11.3 Å². The van der Waals surface area contributed by atoms with Gasteiger partial charge in [-0.05, 0) is 44.5 Å². The van der Waals surface area contributed by atoms with Crippen LogP contribution in [0.5, 0.6) is 0 Å². The summed E-state index contributed by atoms with van der Waals surface area (Å²) in [6.07, 6.45) is 0. The molecule has 0 heterocycles. The summed E-state index contributed by atoms with van der Waals surface area (Å²) in [5, 5.41) is 8.94. The van der Waals surface area contributed by atoms with Gasteiger partial charge in [0, 0.05) is 10.6 Å². The Labute approximate surface area is 98.9 Å². The van der Waals surface area contributed by atoms with Crippen LogP contribution in [0.4, 0.5) is 4.39 Å². The van der Waals surface area contributed by atoms with E-state index in [4.69, 9.17) is 5.11 Å². The Morgan fingerprint density at radius 2 is 2.12 bits per heavy atom. The lowest BCUT2D eigenvalue weighted by molar-refractivity contribution is -0.145. The van der Waals surface area contributed by atoms with Crippen LogP contribution in [-0.2, 0) is 4.79 Å². The van der Waals surface area contributed by atoms with Crippen molar-refractivity contribution in [3.63, 3.8) is 0 Å². The minimum Gasteiger partial charge on any atom is -0.481 e. The van der Waals surface area contributed by atoms with Gasteiger partial charge >= 0.3 is 5.97 Å². The number of aliphatic carboxylic acids is 1. The first-order valence-corrected chi connectivity index (χ1v) is 5.94. The Morgan fingerprint density at radius 1 is 1.50 bits per heavy atom. The fourth-order valence-corrected chi connectivity index (χ4v) is 2.11. The summed E-state index contributed by atoms with van der Waals surface area (Å²) in [7, 11) is 0. The second-order valence-corrected chi connectivity index (χ2v) is 5.44. The Morgan fingerprint density at radius 3 is 2.62 bits per heavy atom. The molecule has 0 atom stereocenters. The molecule has 0 fully saturated rings. The molecule has 4 heteroatoms. The van der Waals surface area contributed by atoms with Crippen molar-refractivity contribution >= 4 is 17.7 Å². The number of aryl methyl sites for hydroxylation is 1. The third-order valence-electron chi connectivity index (χ3n) is 2.31. The Bertz CT molecular complexity index is 402. The topological polar surface area (TPSA) is 37.3 Å². The highest BCUT2D eigenvalue weighted by molar-refractivity contribution is 7.99. The predicted octanol–water partition coefficient (Wildman–Crippen LogP) is 3.34. The average Bonchev–Trinajstić information content (AvgIpc) is 2.20. The molecule has 0 aliphatic rings. The van der Waals surface area contributed by atoms with Crippen LogP contribution in [0.25, 0.3) is 0 Å². The van der Waals surface area contributed by atoms with Crippen molar-refractivity contribution in [2.75, 3.05) is 5.75 Å². The number of carboxylic acids is 1. The molecule has 88 valence electrons. The normalized spacial score (nSPS) is 11.5. The molecule has 0 unspecified atom stereocenters. The largest absolute Gasteiger partial charge is 0.481 e. The highest BCUT2D eigenvalue weighted by atomic mass is 32.2. The molecule has 1 rings (SSSR count). The first kappa shape index (κ1) is 13.0. The molecule has 0 aliphatic carbocycles. The number of thioether (sulfide) groups is 1. The Balaban J connectivity index is 2.68. The van der Waals surface area contributed by atoms with Gasteiger partial charge in [0.25, 0.3) is 0 Å². The van der Waals surface area contributed by atoms with Gasteiger partial charge in [-0.3, -0.25) is 4.79 Å². The van der Waals surface area contributed by atoms with Crippen molar-refractivity contribution in [1.82, 2.24) is 0 Å². The molecule has 0 aromatic heterocycles. The third-order valence-corrected chi connectivity index (χ3v) is 3.76. The molecule has 0 bridgehead atoms. The van der Waals surface area contributed by atoms with Gasteiger partial charge in [0.05, 0.1) is 5.41 Å². The third kappa shape index (κ3) is 3.23. The number of hydrogen-bond acceptors (Lipinski definition) is 2. The van der Waals surface area contributed by atoms with Gasteiger partial charge in [0.15, 0.2) is 0 Å². The van der Waals surface area contributed by atoms with Crippen LogP contribution in [0, 0.1) is 18.2 Å². The van der Waals surface area contributed by atoms with E-state index in [0.717, 1.165) is 4.90 Å². The molecule has 0 saturated heterocycles. The van der Waals surface area contributed by atoms with E-state index in [1.54, 1.807) is 32.9 Å². The molecule has 2 nitrogen and oxygen atoms in total. The van der Waals surface area contributed by atoms with E-state index >= 15 is 0 Å². The van der Waals surface area contributed by atoms with Gasteiger partial charge in [0.2, 0.25) is 0 Å². The maximum atomic E-state index is 13.0. The smallest absolute Gasteiger partial charge is 0.309 e. The van der Waals surface area contributed by atoms with E-state index in [1.165, 1.54) is 17.8 Å². The van der Waals surface area contributed by atoms with E-state index in [2.05, 4.69) is 0 Å². The van der Waals surface area contributed by atoms with Crippen molar-refractivity contribution in [3.8, 4) is 0 Å². The van der Waals surface area contributed by atoms with Crippen molar-refractivity contribution in [2.24, 2.45) is 5.41 Å². The van der Waals surface area contributed by atoms with Gasteiger partial charge in [-0.15, -0.1) is 11.8 Å². The van der Waals surface area contributed by atoms with Crippen LogP contribution in [-0.4, -0.2) is 16.8 Å². The zero-order chi connectivity index (χ0) is 12.3.